The van der Waals surface area contributed by atoms with Crippen LogP contribution in [-0.4, -0.2) is 22.5 Å². The smallest absolute Gasteiger partial charge is 0.282 e. The standard InChI is InChI=1S/C30H22Br3N3O3/c1-2-38-27-14-21(25(33)16-28(27)39-18-20-12-13-22(31)15-24(20)32)17-34-36-29(19-8-4-3-5-9-19)35-26-11-7-6-10-23(26)30(36)37/h3-17H,2,18H2,1H3. The second kappa shape index (κ2) is 12.3. The Labute approximate surface area is 250 Å². The first kappa shape index (κ1) is 27.3. The number of ether oxygens (including phenoxy) is 2. The molecule has 5 rings (SSSR count). The summed E-state index contributed by atoms with van der Waals surface area (Å²) in [5.74, 6) is 1.62. The topological polar surface area (TPSA) is 65.7 Å². The molecule has 0 fully saturated rings. The minimum atomic E-state index is -0.253. The summed E-state index contributed by atoms with van der Waals surface area (Å²) in [6.45, 7) is 2.73. The van der Waals surface area contributed by atoms with Crippen molar-refractivity contribution in [2.24, 2.45) is 5.10 Å². The predicted molar refractivity (Wildman–Crippen MR) is 166 cm³/mol. The maximum atomic E-state index is 13.5. The van der Waals surface area contributed by atoms with Crippen molar-refractivity contribution in [1.29, 1.82) is 0 Å². The Kier molecular flexibility index (Phi) is 8.60. The van der Waals surface area contributed by atoms with Crippen molar-refractivity contribution < 1.29 is 9.47 Å². The molecule has 1 aromatic heterocycles. The Bertz CT molecular complexity index is 1740. The minimum absolute atomic E-state index is 0.253. The van der Waals surface area contributed by atoms with Crippen molar-refractivity contribution >= 4 is 64.9 Å². The van der Waals surface area contributed by atoms with E-state index >= 15 is 0 Å². The lowest BCUT2D eigenvalue weighted by atomic mass is 10.2. The molecule has 6 nitrogen and oxygen atoms in total. The van der Waals surface area contributed by atoms with E-state index in [1.54, 1.807) is 12.3 Å². The van der Waals surface area contributed by atoms with Gasteiger partial charge in [0, 0.05) is 30.1 Å². The van der Waals surface area contributed by atoms with Crippen LogP contribution in [0, 0.1) is 0 Å². The van der Waals surface area contributed by atoms with Crippen LogP contribution in [0.4, 0.5) is 0 Å². The molecule has 0 atom stereocenters. The molecule has 0 amide bonds. The molecule has 0 saturated heterocycles. The maximum Gasteiger partial charge on any atom is 0.282 e. The highest BCUT2D eigenvalue weighted by Crippen LogP contribution is 2.34. The third-order valence-electron chi connectivity index (χ3n) is 5.86. The van der Waals surface area contributed by atoms with Crippen molar-refractivity contribution in [2.45, 2.75) is 13.5 Å². The molecule has 196 valence electrons. The van der Waals surface area contributed by atoms with Gasteiger partial charge in [-0.15, -0.1) is 0 Å². The first-order chi connectivity index (χ1) is 18.9. The molecule has 0 aliphatic rings. The zero-order chi connectivity index (χ0) is 27.4. The lowest BCUT2D eigenvalue weighted by Gasteiger charge is -2.15. The largest absolute Gasteiger partial charge is 0.490 e. The van der Waals surface area contributed by atoms with E-state index < -0.39 is 0 Å². The fraction of sp³-hybridized carbons (Fsp3) is 0.100. The highest BCUT2D eigenvalue weighted by molar-refractivity contribution is 9.11. The first-order valence-corrected chi connectivity index (χ1v) is 14.5. The minimum Gasteiger partial charge on any atom is -0.490 e. The van der Waals surface area contributed by atoms with Crippen LogP contribution in [0.3, 0.4) is 0 Å². The van der Waals surface area contributed by atoms with Crippen LogP contribution in [0.1, 0.15) is 18.1 Å². The maximum absolute atomic E-state index is 13.5. The molecular formula is C30H22Br3N3O3. The summed E-state index contributed by atoms with van der Waals surface area (Å²) in [4.78, 5) is 18.2. The third kappa shape index (κ3) is 6.16. The Balaban J connectivity index is 1.52. The molecule has 9 heteroatoms. The van der Waals surface area contributed by atoms with E-state index in [0.29, 0.717) is 41.4 Å². The fourth-order valence-corrected chi connectivity index (χ4v) is 5.54. The first-order valence-electron chi connectivity index (χ1n) is 12.1. The Morgan fingerprint density at radius 3 is 2.38 bits per heavy atom. The van der Waals surface area contributed by atoms with Crippen LogP contribution in [-0.2, 0) is 6.61 Å². The molecular weight excluding hydrogens is 690 g/mol. The normalized spacial score (nSPS) is 11.3. The van der Waals surface area contributed by atoms with Crippen LogP contribution in [0.5, 0.6) is 11.5 Å². The number of benzene rings is 4. The van der Waals surface area contributed by atoms with E-state index in [4.69, 9.17) is 14.5 Å². The molecule has 0 unspecified atom stereocenters. The summed E-state index contributed by atoms with van der Waals surface area (Å²) in [6.07, 6.45) is 1.62. The van der Waals surface area contributed by atoms with E-state index in [1.807, 2.05) is 85.8 Å². The van der Waals surface area contributed by atoms with Gasteiger partial charge in [0.05, 0.1) is 23.7 Å². The summed E-state index contributed by atoms with van der Waals surface area (Å²) in [5, 5.41) is 5.08. The van der Waals surface area contributed by atoms with Gasteiger partial charge in [-0.1, -0.05) is 80.4 Å². The van der Waals surface area contributed by atoms with Crippen LogP contribution in [0.15, 0.2) is 108 Å². The van der Waals surface area contributed by atoms with Crippen molar-refractivity contribution in [3.05, 3.63) is 120 Å². The fourth-order valence-electron chi connectivity index (χ4n) is 3.95. The molecule has 0 bridgehead atoms. The molecule has 4 aromatic carbocycles. The Morgan fingerprint density at radius 1 is 0.872 bits per heavy atom. The van der Waals surface area contributed by atoms with E-state index in [2.05, 4.69) is 52.9 Å². The summed E-state index contributed by atoms with van der Waals surface area (Å²) in [6, 6.07) is 26.4. The number of para-hydroxylation sites is 1. The average Bonchev–Trinajstić information content (AvgIpc) is 2.94. The van der Waals surface area contributed by atoms with E-state index in [0.717, 1.165) is 30.1 Å². The molecule has 0 aliphatic heterocycles. The quantitative estimate of drug-likeness (QED) is 0.152. The van der Waals surface area contributed by atoms with E-state index in [-0.39, 0.29) is 5.56 Å². The summed E-state index contributed by atoms with van der Waals surface area (Å²) < 4.78 is 16.0. The van der Waals surface area contributed by atoms with Gasteiger partial charge in [0.15, 0.2) is 17.3 Å². The lowest BCUT2D eigenvalue weighted by Crippen LogP contribution is -2.20. The van der Waals surface area contributed by atoms with Crippen LogP contribution < -0.4 is 15.0 Å². The van der Waals surface area contributed by atoms with E-state index in [1.165, 1.54) is 4.68 Å². The third-order valence-corrected chi connectivity index (χ3v) is 7.78. The summed E-state index contributed by atoms with van der Waals surface area (Å²) in [5.41, 5.74) is 2.87. The zero-order valence-corrected chi connectivity index (χ0v) is 25.5. The molecule has 0 aliphatic carbocycles. The molecule has 39 heavy (non-hydrogen) atoms. The number of hydrogen-bond acceptors (Lipinski definition) is 5. The number of aromatic nitrogens is 2. The lowest BCUT2D eigenvalue weighted by molar-refractivity contribution is 0.268. The molecule has 0 radical (unpaired) electrons. The van der Waals surface area contributed by atoms with Crippen LogP contribution >= 0.6 is 47.8 Å². The zero-order valence-electron chi connectivity index (χ0n) is 20.8. The number of nitrogens with zero attached hydrogens (tertiary/aromatic N) is 3. The van der Waals surface area contributed by atoms with Crippen LogP contribution in [0.2, 0.25) is 0 Å². The predicted octanol–water partition coefficient (Wildman–Crippen LogP) is 8.21. The van der Waals surface area contributed by atoms with Crippen molar-refractivity contribution in [2.75, 3.05) is 6.61 Å². The molecule has 0 saturated carbocycles. The van der Waals surface area contributed by atoms with Gasteiger partial charge in [0.1, 0.15) is 6.61 Å². The van der Waals surface area contributed by atoms with Crippen molar-refractivity contribution in [1.82, 2.24) is 9.66 Å². The van der Waals surface area contributed by atoms with Gasteiger partial charge in [0.2, 0.25) is 0 Å². The van der Waals surface area contributed by atoms with Gasteiger partial charge in [0.25, 0.3) is 5.56 Å². The van der Waals surface area contributed by atoms with Crippen molar-refractivity contribution in [3.63, 3.8) is 0 Å². The number of hydrogen-bond donors (Lipinski definition) is 0. The van der Waals surface area contributed by atoms with Gasteiger partial charge in [-0.2, -0.15) is 9.78 Å². The highest BCUT2D eigenvalue weighted by atomic mass is 79.9. The monoisotopic (exact) mass is 709 g/mol. The summed E-state index contributed by atoms with van der Waals surface area (Å²) in [7, 11) is 0. The molecule has 1 heterocycles. The number of fused-ring (bicyclic) bond motifs is 1. The Hall–Kier alpha value is -3.27. The van der Waals surface area contributed by atoms with Crippen molar-refractivity contribution in [3.8, 4) is 22.9 Å². The SMILES string of the molecule is CCOc1cc(C=Nn2c(-c3ccccc3)nc3ccccc3c2=O)c(Br)cc1OCc1ccc(Br)cc1Br. The second-order valence-corrected chi connectivity index (χ2v) is 11.1. The highest BCUT2D eigenvalue weighted by Gasteiger charge is 2.14. The van der Waals surface area contributed by atoms with Gasteiger partial charge in [-0.05, 0) is 59.3 Å². The number of rotatable bonds is 8. The average molecular weight is 712 g/mol. The molecule has 5 aromatic rings. The molecule has 0 spiro atoms. The van der Waals surface area contributed by atoms with E-state index in [9.17, 15) is 4.79 Å². The Morgan fingerprint density at radius 2 is 1.62 bits per heavy atom. The van der Waals surface area contributed by atoms with Gasteiger partial charge < -0.3 is 9.47 Å². The molecule has 0 N–H and O–H groups in total. The van der Waals surface area contributed by atoms with Gasteiger partial charge in [-0.3, -0.25) is 4.79 Å². The second-order valence-electron chi connectivity index (χ2n) is 8.46. The van der Waals surface area contributed by atoms with Gasteiger partial charge in [-0.25, -0.2) is 4.98 Å². The van der Waals surface area contributed by atoms with Crippen LogP contribution in [0.25, 0.3) is 22.3 Å². The number of halogens is 3. The van der Waals surface area contributed by atoms with Gasteiger partial charge >= 0.3 is 0 Å². The summed E-state index contributed by atoms with van der Waals surface area (Å²) >= 11 is 10.7.